The second kappa shape index (κ2) is 8.33. The number of non-ortho nitro benzene ring substituents is 1. The predicted octanol–water partition coefficient (Wildman–Crippen LogP) is 1.67. The molecule has 7 heteroatoms. The third-order valence-corrected chi connectivity index (χ3v) is 2.96. The fourth-order valence-corrected chi connectivity index (χ4v) is 2.01. The molecular weight excluding hydrogens is 274 g/mol. The first-order chi connectivity index (χ1) is 9.92. The van der Waals surface area contributed by atoms with Gasteiger partial charge in [0.15, 0.2) is 0 Å². The van der Waals surface area contributed by atoms with Crippen molar-refractivity contribution in [1.82, 2.24) is 5.32 Å². The van der Waals surface area contributed by atoms with Crippen molar-refractivity contribution in [2.24, 2.45) is 0 Å². The highest BCUT2D eigenvalue weighted by Gasteiger charge is 2.13. The first-order valence-electron chi connectivity index (χ1n) is 6.83. The zero-order valence-corrected chi connectivity index (χ0v) is 12.2. The number of nitrogens with one attached hydrogen (secondary N) is 2. The molecule has 1 unspecified atom stereocenters. The van der Waals surface area contributed by atoms with E-state index in [1.54, 1.807) is 6.07 Å². The van der Waals surface area contributed by atoms with E-state index < -0.39 is 4.92 Å². The molecular formula is C14H21N3O4. The molecule has 0 bridgehead atoms. The Balaban J connectivity index is 2.50. The van der Waals surface area contributed by atoms with Gasteiger partial charge in [-0.3, -0.25) is 14.9 Å². The standard InChI is InChI=1S/C14H21N3O4/c1-10(6-7-18)15-11(2)8-14(19)16-12-4-3-5-13(9-12)17(20)21/h3-5,9-11,15,18H,6-8H2,1-2H3,(H,16,19)/t10-,11?/m1/s1. The van der Waals surface area contributed by atoms with Gasteiger partial charge in [-0.05, 0) is 26.3 Å². The first-order valence-corrected chi connectivity index (χ1v) is 6.83. The zero-order chi connectivity index (χ0) is 15.8. The number of nitro groups is 1. The van der Waals surface area contributed by atoms with Gasteiger partial charge in [0.05, 0.1) is 4.92 Å². The summed E-state index contributed by atoms with van der Waals surface area (Å²) < 4.78 is 0. The van der Waals surface area contributed by atoms with Crippen molar-refractivity contribution in [3.63, 3.8) is 0 Å². The Morgan fingerprint density at radius 1 is 1.38 bits per heavy atom. The second-order valence-corrected chi connectivity index (χ2v) is 5.04. The minimum atomic E-state index is -0.504. The maximum absolute atomic E-state index is 11.9. The Bertz CT molecular complexity index is 493. The fraction of sp³-hybridized carbons (Fsp3) is 0.500. The Morgan fingerprint density at radius 2 is 2.10 bits per heavy atom. The lowest BCUT2D eigenvalue weighted by Crippen LogP contribution is -2.37. The number of amides is 1. The van der Waals surface area contributed by atoms with E-state index >= 15 is 0 Å². The van der Waals surface area contributed by atoms with Gasteiger partial charge in [0, 0.05) is 42.9 Å². The molecule has 0 saturated heterocycles. The van der Waals surface area contributed by atoms with E-state index in [1.807, 2.05) is 13.8 Å². The third-order valence-electron chi connectivity index (χ3n) is 2.96. The van der Waals surface area contributed by atoms with Gasteiger partial charge in [-0.15, -0.1) is 0 Å². The topological polar surface area (TPSA) is 104 Å². The van der Waals surface area contributed by atoms with Crippen LogP contribution in [0.25, 0.3) is 0 Å². The SMILES string of the molecule is CC(CC(=O)Nc1cccc([N+](=O)[O-])c1)N[C@H](C)CCO. The van der Waals surface area contributed by atoms with Gasteiger partial charge in [-0.25, -0.2) is 0 Å². The van der Waals surface area contributed by atoms with Crippen molar-refractivity contribution in [3.05, 3.63) is 34.4 Å². The summed E-state index contributed by atoms with van der Waals surface area (Å²) in [6.45, 7) is 3.91. The summed E-state index contributed by atoms with van der Waals surface area (Å²) in [5, 5.41) is 25.3. The second-order valence-electron chi connectivity index (χ2n) is 5.04. The molecule has 21 heavy (non-hydrogen) atoms. The van der Waals surface area contributed by atoms with Gasteiger partial charge >= 0.3 is 0 Å². The molecule has 2 atom stereocenters. The smallest absolute Gasteiger partial charge is 0.271 e. The van der Waals surface area contributed by atoms with Crippen LogP contribution in [0, 0.1) is 10.1 Å². The van der Waals surface area contributed by atoms with E-state index in [1.165, 1.54) is 18.2 Å². The van der Waals surface area contributed by atoms with Gasteiger partial charge in [0.25, 0.3) is 5.69 Å². The van der Waals surface area contributed by atoms with E-state index in [4.69, 9.17) is 5.11 Å². The molecule has 1 amide bonds. The number of aliphatic hydroxyl groups excluding tert-OH is 1. The maximum atomic E-state index is 11.9. The Labute approximate surface area is 123 Å². The van der Waals surface area contributed by atoms with Crippen molar-refractivity contribution < 1.29 is 14.8 Å². The van der Waals surface area contributed by atoms with E-state index in [-0.39, 0.29) is 36.7 Å². The van der Waals surface area contributed by atoms with E-state index in [9.17, 15) is 14.9 Å². The Morgan fingerprint density at radius 3 is 2.71 bits per heavy atom. The summed E-state index contributed by atoms with van der Waals surface area (Å²) in [5.74, 6) is -0.216. The van der Waals surface area contributed by atoms with Crippen molar-refractivity contribution >= 4 is 17.3 Å². The first kappa shape index (κ1) is 17.1. The number of carbonyl (C=O) groups is 1. The van der Waals surface area contributed by atoms with Crippen LogP contribution in [-0.4, -0.2) is 34.6 Å². The number of carbonyl (C=O) groups excluding carboxylic acids is 1. The van der Waals surface area contributed by atoms with Crippen LogP contribution in [0.15, 0.2) is 24.3 Å². The summed E-state index contributed by atoms with van der Waals surface area (Å²) in [5.41, 5.74) is 0.348. The molecule has 0 spiro atoms. The number of benzene rings is 1. The van der Waals surface area contributed by atoms with Gasteiger partial charge in [-0.2, -0.15) is 0 Å². The summed E-state index contributed by atoms with van der Waals surface area (Å²) in [6.07, 6.45) is 0.870. The van der Waals surface area contributed by atoms with E-state index in [0.717, 1.165) is 0 Å². The summed E-state index contributed by atoms with van der Waals surface area (Å²) in [4.78, 5) is 22.0. The summed E-state index contributed by atoms with van der Waals surface area (Å²) in [7, 11) is 0. The molecule has 0 heterocycles. The van der Waals surface area contributed by atoms with Crippen LogP contribution in [0.3, 0.4) is 0 Å². The molecule has 7 nitrogen and oxygen atoms in total. The van der Waals surface area contributed by atoms with E-state index in [2.05, 4.69) is 10.6 Å². The lowest BCUT2D eigenvalue weighted by molar-refractivity contribution is -0.384. The molecule has 0 aliphatic carbocycles. The molecule has 116 valence electrons. The van der Waals surface area contributed by atoms with Crippen LogP contribution >= 0.6 is 0 Å². The molecule has 0 radical (unpaired) electrons. The minimum absolute atomic E-state index is 0.0507. The lowest BCUT2D eigenvalue weighted by Gasteiger charge is -2.19. The molecule has 0 aliphatic rings. The van der Waals surface area contributed by atoms with Crippen molar-refractivity contribution in [1.29, 1.82) is 0 Å². The van der Waals surface area contributed by atoms with Crippen LogP contribution < -0.4 is 10.6 Å². The van der Waals surface area contributed by atoms with Crippen molar-refractivity contribution in [2.75, 3.05) is 11.9 Å². The molecule has 1 aromatic carbocycles. The van der Waals surface area contributed by atoms with Crippen LogP contribution in [-0.2, 0) is 4.79 Å². The van der Waals surface area contributed by atoms with Gasteiger partial charge in [0.1, 0.15) is 0 Å². The monoisotopic (exact) mass is 295 g/mol. The average molecular weight is 295 g/mol. The predicted molar refractivity (Wildman–Crippen MR) is 80.1 cm³/mol. The Hall–Kier alpha value is -1.99. The number of nitrogens with zero attached hydrogens (tertiary/aromatic N) is 1. The van der Waals surface area contributed by atoms with Gasteiger partial charge < -0.3 is 15.7 Å². The highest BCUT2D eigenvalue weighted by molar-refractivity contribution is 5.91. The molecule has 1 rings (SSSR count). The lowest BCUT2D eigenvalue weighted by atomic mass is 10.1. The van der Waals surface area contributed by atoms with Crippen LogP contribution in [0.1, 0.15) is 26.7 Å². The van der Waals surface area contributed by atoms with Crippen molar-refractivity contribution in [2.45, 2.75) is 38.8 Å². The Kier molecular flexibility index (Phi) is 6.77. The number of hydrogen-bond acceptors (Lipinski definition) is 5. The zero-order valence-electron chi connectivity index (χ0n) is 12.2. The largest absolute Gasteiger partial charge is 0.396 e. The number of nitro benzene ring substituents is 1. The quantitative estimate of drug-likeness (QED) is 0.500. The van der Waals surface area contributed by atoms with Crippen LogP contribution in [0.2, 0.25) is 0 Å². The van der Waals surface area contributed by atoms with E-state index in [0.29, 0.717) is 12.1 Å². The molecule has 0 aromatic heterocycles. The molecule has 0 saturated carbocycles. The number of hydrogen-bond donors (Lipinski definition) is 3. The number of aliphatic hydroxyl groups is 1. The summed E-state index contributed by atoms with van der Waals surface area (Å²) >= 11 is 0. The normalized spacial score (nSPS) is 13.5. The number of anilines is 1. The fourth-order valence-electron chi connectivity index (χ4n) is 2.01. The maximum Gasteiger partial charge on any atom is 0.271 e. The molecule has 1 aromatic rings. The minimum Gasteiger partial charge on any atom is -0.396 e. The highest BCUT2D eigenvalue weighted by Crippen LogP contribution is 2.17. The molecule has 0 aliphatic heterocycles. The van der Waals surface area contributed by atoms with Crippen LogP contribution in [0.5, 0.6) is 0 Å². The van der Waals surface area contributed by atoms with Gasteiger partial charge in [-0.1, -0.05) is 6.07 Å². The summed E-state index contributed by atoms with van der Waals surface area (Å²) in [6, 6.07) is 5.90. The molecule has 3 N–H and O–H groups in total. The third kappa shape index (κ3) is 6.33. The van der Waals surface area contributed by atoms with Crippen LogP contribution in [0.4, 0.5) is 11.4 Å². The highest BCUT2D eigenvalue weighted by atomic mass is 16.6. The average Bonchev–Trinajstić information content (AvgIpc) is 2.38. The van der Waals surface area contributed by atoms with Crippen molar-refractivity contribution in [3.8, 4) is 0 Å². The number of rotatable bonds is 8. The van der Waals surface area contributed by atoms with Gasteiger partial charge in [0.2, 0.25) is 5.91 Å². The molecule has 0 fully saturated rings.